The quantitative estimate of drug-likeness (QED) is 0.278. The summed E-state index contributed by atoms with van der Waals surface area (Å²) in [7, 11) is 0. The van der Waals surface area contributed by atoms with E-state index in [1.165, 1.54) is 22.3 Å². The predicted molar refractivity (Wildman–Crippen MR) is 143 cm³/mol. The van der Waals surface area contributed by atoms with E-state index in [1.807, 2.05) is 0 Å². The second-order valence-electron chi connectivity index (χ2n) is 8.94. The van der Waals surface area contributed by atoms with Crippen molar-refractivity contribution in [1.29, 1.82) is 0 Å². The molecule has 4 aromatic carbocycles. The van der Waals surface area contributed by atoms with Crippen LogP contribution < -0.4 is 0 Å². The van der Waals surface area contributed by atoms with Crippen LogP contribution in [-0.2, 0) is 0 Å². The molecule has 34 heavy (non-hydrogen) atoms. The largest absolute Gasteiger partial charge is 0.248 e. The fraction of sp³-hybridized carbons (Fsp3) is 0.0625. The Morgan fingerprint density at radius 1 is 0.382 bits per heavy atom. The van der Waals surface area contributed by atoms with Gasteiger partial charge in [-0.05, 0) is 61.4 Å². The normalized spacial score (nSPS) is 11.2. The lowest BCUT2D eigenvalue weighted by atomic mass is 10.00. The van der Waals surface area contributed by atoms with Crippen molar-refractivity contribution < 1.29 is 0 Å². The summed E-state index contributed by atoms with van der Waals surface area (Å²) in [6.07, 6.45) is 0. The van der Waals surface area contributed by atoms with Gasteiger partial charge in [0.2, 0.25) is 0 Å². The maximum Gasteiger partial charge on any atom is 0.0709 e. The van der Waals surface area contributed by atoms with Crippen LogP contribution in [0.25, 0.3) is 55.4 Å². The third-order valence-electron chi connectivity index (χ3n) is 6.41. The lowest BCUT2D eigenvalue weighted by molar-refractivity contribution is 1.38. The minimum Gasteiger partial charge on any atom is -0.248 e. The van der Waals surface area contributed by atoms with Gasteiger partial charge in [-0.25, -0.2) is 9.97 Å². The zero-order chi connectivity index (χ0) is 23.1. The van der Waals surface area contributed by atoms with Crippen LogP contribution in [0.15, 0.2) is 109 Å². The van der Waals surface area contributed by atoms with Crippen LogP contribution in [0.2, 0.25) is 0 Å². The summed E-state index contributed by atoms with van der Waals surface area (Å²) >= 11 is 0. The van der Waals surface area contributed by atoms with E-state index >= 15 is 0 Å². The number of hydrogen-bond acceptors (Lipinski definition) is 2. The third kappa shape index (κ3) is 3.84. The van der Waals surface area contributed by atoms with Crippen molar-refractivity contribution in [3.63, 3.8) is 0 Å². The first-order valence-corrected chi connectivity index (χ1v) is 11.6. The van der Waals surface area contributed by atoms with Crippen molar-refractivity contribution in [3.05, 3.63) is 120 Å². The summed E-state index contributed by atoms with van der Waals surface area (Å²) < 4.78 is 0. The Hall–Kier alpha value is -4.30. The van der Waals surface area contributed by atoms with Crippen molar-refractivity contribution in [2.24, 2.45) is 0 Å². The average Bonchev–Trinajstić information content (AvgIpc) is 2.88. The molecule has 6 rings (SSSR count). The highest BCUT2D eigenvalue weighted by Crippen LogP contribution is 2.29. The van der Waals surface area contributed by atoms with Gasteiger partial charge in [0.15, 0.2) is 0 Å². The molecule has 6 aromatic rings. The molecule has 0 radical (unpaired) electrons. The molecular formula is C32H24N2. The van der Waals surface area contributed by atoms with Gasteiger partial charge in [-0.1, -0.05) is 83.9 Å². The molecule has 2 aromatic heterocycles. The summed E-state index contributed by atoms with van der Waals surface area (Å²) in [5.41, 5.74) is 11.2. The molecule has 2 heterocycles. The number of benzene rings is 4. The molecule has 0 aliphatic rings. The number of hydrogen-bond donors (Lipinski definition) is 0. The summed E-state index contributed by atoms with van der Waals surface area (Å²) in [4.78, 5) is 9.79. The molecule has 162 valence electrons. The van der Waals surface area contributed by atoms with Gasteiger partial charge in [0.25, 0.3) is 0 Å². The van der Waals surface area contributed by atoms with Crippen LogP contribution in [0.4, 0.5) is 0 Å². The number of pyridine rings is 2. The lowest BCUT2D eigenvalue weighted by Gasteiger charge is -2.08. The molecule has 0 saturated heterocycles. The number of rotatable bonds is 3. The van der Waals surface area contributed by atoms with Crippen molar-refractivity contribution in [2.45, 2.75) is 13.8 Å². The molecule has 0 N–H and O–H groups in total. The molecule has 0 unspecified atom stereocenters. The van der Waals surface area contributed by atoms with Crippen molar-refractivity contribution in [2.75, 3.05) is 0 Å². The highest BCUT2D eigenvalue weighted by atomic mass is 14.7. The zero-order valence-corrected chi connectivity index (χ0v) is 19.3. The Labute approximate surface area is 199 Å². The first-order valence-electron chi connectivity index (χ1n) is 11.6. The van der Waals surface area contributed by atoms with Crippen LogP contribution >= 0.6 is 0 Å². The first kappa shape index (κ1) is 20.3. The van der Waals surface area contributed by atoms with Crippen molar-refractivity contribution >= 4 is 21.8 Å². The van der Waals surface area contributed by atoms with E-state index < -0.39 is 0 Å². The lowest BCUT2D eigenvalue weighted by Crippen LogP contribution is -1.88. The molecule has 2 nitrogen and oxygen atoms in total. The van der Waals surface area contributed by atoms with Gasteiger partial charge in [-0.2, -0.15) is 0 Å². The number of fused-ring (bicyclic) bond motifs is 2. The van der Waals surface area contributed by atoms with Gasteiger partial charge in [-0.15, -0.1) is 0 Å². The maximum atomic E-state index is 4.89. The molecule has 0 amide bonds. The van der Waals surface area contributed by atoms with E-state index in [-0.39, 0.29) is 0 Å². The molecule has 0 spiro atoms. The SMILES string of the molecule is Cc1ccc(-c2ccc3cc(-c4ccc5nc(-c6ccc(C)cc6)ccc5c4)ccc3n2)cc1. The highest BCUT2D eigenvalue weighted by Gasteiger charge is 2.07. The van der Waals surface area contributed by atoms with Gasteiger partial charge >= 0.3 is 0 Å². The highest BCUT2D eigenvalue weighted by molar-refractivity contribution is 5.90. The van der Waals surface area contributed by atoms with Gasteiger partial charge in [-0.3, -0.25) is 0 Å². The van der Waals surface area contributed by atoms with E-state index in [9.17, 15) is 0 Å². The van der Waals surface area contributed by atoms with Crippen LogP contribution in [0.5, 0.6) is 0 Å². The van der Waals surface area contributed by atoms with Crippen LogP contribution in [0, 0.1) is 13.8 Å². The third-order valence-corrected chi connectivity index (χ3v) is 6.41. The van der Waals surface area contributed by atoms with Crippen molar-refractivity contribution in [1.82, 2.24) is 9.97 Å². The van der Waals surface area contributed by atoms with E-state index in [1.54, 1.807) is 0 Å². The van der Waals surface area contributed by atoms with Gasteiger partial charge in [0, 0.05) is 21.9 Å². The minimum atomic E-state index is 1.00. The van der Waals surface area contributed by atoms with E-state index in [0.29, 0.717) is 0 Å². The zero-order valence-electron chi connectivity index (χ0n) is 19.3. The molecule has 0 atom stereocenters. The molecule has 0 aliphatic heterocycles. The first-order chi connectivity index (χ1) is 16.6. The summed E-state index contributed by atoms with van der Waals surface area (Å²) in [5.74, 6) is 0. The minimum absolute atomic E-state index is 1.00. The van der Waals surface area contributed by atoms with E-state index in [2.05, 4.69) is 123 Å². The van der Waals surface area contributed by atoms with Gasteiger partial charge in [0.05, 0.1) is 22.4 Å². The molecule has 0 aliphatic carbocycles. The summed E-state index contributed by atoms with van der Waals surface area (Å²) in [5, 5.41) is 2.28. The maximum absolute atomic E-state index is 4.89. The number of aryl methyl sites for hydroxylation is 2. The van der Waals surface area contributed by atoms with Crippen LogP contribution in [0.3, 0.4) is 0 Å². The second-order valence-corrected chi connectivity index (χ2v) is 8.94. The fourth-order valence-electron chi connectivity index (χ4n) is 4.38. The van der Waals surface area contributed by atoms with Crippen LogP contribution in [-0.4, -0.2) is 9.97 Å². The predicted octanol–water partition coefficient (Wildman–Crippen LogP) is 8.40. The second kappa shape index (κ2) is 8.24. The van der Waals surface area contributed by atoms with Crippen LogP contribution in [0.1, 0.15) is 11.1 Å². The van der Waals surface area contributed by atoms with Gasteiger partial charge < -0.3 is 0 Å². The average molecular weight is 437 g/mol. The Balaban J connectivity index is 1.33. The molecule has 0 fully saturated rings. The molecular weight excluding hydrogens is 412 g/mol. The molecule has 0 saturated carbocycles. The Morgan fingerprint density at radius 2 is 0.765 bits per heavy atom. The van der Waals surface area contributed by atoms with E-state index in [0.717, 1.165) is 44.3 Å². The molecule has 0 bridgehead atoms. The number of nitrogens with zero attached hydrogens (tertiary/aromatic N) is 2. The van der Waals surface area contributed by atoms with E-state index in [4.69, 9.17) is 9.97 Å². The standard InChI is InChI=1S/C32H24N2/c1-21-3-7-23(8-4-21)29-17-13-27-19-25(11-15-31(27)33-29)26-12-16-32-28(20-26)14-18-30(34-32)24-9-5-22(2)6-10-24/h3-20H,1-2H3. The Kier molecular flexibility index (Phi) is 4.92. The monoisotopic (exact) mass is 436 g/mol. The summed E-state index contributed by atoms with van der Waals surface area (Å²) in [6, 6.07) is 38.6. The van der Waals surface area contributed by atoms with Gasteiger partial charge in [0.1, 0.15) is 0 Å². The Morgan fingerprint density at radius 3 is 1.18 bits per heavy atom. The topological polar surface area (TPSA) is 25.8 Å². The Bertz CT molecular complexity index is 1520. The molecule has 2 heteroatoms. The van der Waals surface area contributed by atoms with Crippen molar-refractivity contribution in [3.8, 4) is 33.6 Å². The number of aromatic nitrogens is 2. The smallest absolute Gasteiger partial charge is 0.0709 e. The fourth-order valence-corrected chi connectivity index (χ4v) is 4.38. The summed E-state index contributed by atoms with van der Waals surface area (Å²) in [6.45, 7) is 4.20.